The van der Waals surface area contributed by atoms with Gasteiger partial charge in [-0.3, -0.25) is 13.9 Å². The number of benzene rings is 1. The van der Waals surface area contributed by atoms with E-state index in [4.69, 9.17) is 4.98 Å². The molecule has 0 aliphatic carbocycles. The zero-order valence-corrected chi connectivity index (χ0v) is 14.5. The van der Waals surface area contributed by atoms with Crippen molar-refractivity contribution in [2.24, 2.45) is 14.1 Å². The minimum absolute atomic E-state index is 0.279. The van der Waals surface area contributed by atoms with E-state index in [-0.39, 0.29) is 11.2 Å². The molecule has 7 nitrogen and oxygen atoms in total. The Bertz CT molecular complexity index is 1050. The highest BCUT2D eigenvalue weighted by molar-refractivity contribution is 5.74. The number of aromatic nitrogens is 4. The first-order chi connectivity index (χ1) is 12.1. The van der Waals surface area contributed by atoms with Crippen LogP contribution in [0.3, 0.4) is 0 Å². The predicted octanol–water partition coefficient (Wildman–Crippen LogP) is 1.23. The second-order valence-corrected chi connectivity index (χ2v) is 6.56. The van der Waals surface area contributed by atoms with Crippen LogP contribution in [0.5, 0.6) is 0 Å². The molecule has 0 fully saturated rings. The van der Waals surface area contributed by atoms with Gasteiger partial charge in [-0.05, 0) is 18.4 Å². The predicted molar refractivity (Wildman–Crippen MR) is 96.9 cm³/mol. The lowest BCUT2D eigenvalue weighted by Crippen LogP contribution is -2.37. The van der Waals surface area contributed by atoms with E-state index in [2.05, 4.69) is 17.0 Å². The van der Waals surface area contributed by atoms with Crippen LogP contribution in [0.1, 0.15) is 18.4 Å². The van der Waals surface area contributed by atoms with Gasteiger partial charge in [0.1, 0.15) is 0 Å². The van der Waals surface area contributed by atoms with Crippen LogP contribution in [0.15, 0.2) is 39.9 Å². The molecule has 0 bridgehead atoms. The molecule has 7 heteroatoms. The molecule has 3 aromatic rings. The lowest BCUT2D eigenvalue weighted by molar-refractivity contribution is 0.654. The molecular formula is C18H21N5O2. The largest absolute Gasteiger partial charge is 0.338 e. The van der Waals surface area contributed by atoms with Gasteiger partial charge in [-0.1, -0.05) is 30.3 Å². The third-order valence-corrected chi connectivity index (χ3v) is 4.89. The maximum atomic E-state index is 12.7. The summed E-state index contributed by atoms with van der Waals surface area (Å²) >= 11 is 0. The maximum absolute atomic E-state index is 12.7. The first-order valence-corrected chi connectivity index (χ1v) is 8.53. The van der Waals surface area contributed by atoms with Gasteiger partial charge < -0.3 is 9.47 Å². The summed E-state index contributed by atoms with van der Waals surface area (Å²) in [4.78, 5) is 31.8. The molecule has 3 heterocycles. The van der Waals surface area contributed by atoms with Gasteiger partial charge in [-0.15, -0.1) is 0 Å². The van der Waals surface area contributed by atoms with Crippen LogP contribution in [0.2, 0.25) is 0 Å². The zero-order valence-electron chi connectivity index (χ0n) is 14.5. The lowest BCUT2D eigenvalue weighted by Gasteiger charge is -2.21. The second-order valence-electron chi connectivity index (χ2n) is 6.56. The van der Waals surface area contributed by atoms with Gasteiger partial charge in [-0.2, -0.15) is 4.98 Å². The van der Waals surface area contributed by atoms with E-state index >= 15 is 0 Å². The van der Waals surface area contributed by atoms with Crippen LogP contribution >= 0.6 is 0 Å². The van der Waals surface area contributed by atoms with Crippen molar-refractivity contribution in [1.82, 2.24) is 18.7 Å². The Morgan fingerprint density at radius 1 is 1.00 bits per heavy atom. The summed E-state index contributed by atoms with van der Waals surface area (Å²) in [7, 11) is 3.18. The Labute approximate surface area is 144 Å². The normalized spacial score (nSPS) is 14.6. The topological polar surface area (TPSA) is 65.1 Å². The van der Waals surface area contributed by atoms with Gasteiger partial charge in [0, 0.05) is 33.7 Å². The quantitative estimate of drug-likeness (QED) is 0.704. The van der Waals surface area contributed by atoms with Gasteiger partial charge in [0.25, 0.3) is 5.56 Å². The monoisotopic (exact) mass is 339 g/mol. The van der Waals surface area contributed by atoms with Gasteiger partial charge in [-0.25, -0.2) is 4.79 Å². The number of hydrogen-bond donors (Lipinski definition) is 0. The van der Waals surface area contributed by atoms with E-state index < -0.39 is 0 Å². The van der Waals surface area contributed by atoms with Gasteiger partial charge in [0.05, 0.1) is 0 Å². The molecule has 130 valence electrons. The molecule has 0 atom stereocenters. The summed E-state index contributed by atoms with van der Waals surface area (Å²) in [5.74, 6) is 0.773. The molecule has 1 aliphatic heterocycles. The molecule has 25 heavy (non-hydrogen) atoms. The van der Waals surface area contributed by atoms with Crippen LogP contribution in [-0.4, -0.2) is 25.2 Å². The van der Waals surface area contributed by atoms with Crippen LogP contribution in [0, 0.1) is 0 Å². The first-order valence-electron chi connectivity index (χ1n) is 8.53. The Morgan fingerprint density at radius 3 is 2.48 bits per heavy atom. The third kappa shape index (κ3) is 2.47. The molecule has 0 saturated heterocycles. The first kappa shape index (κ1) is 15.7. The number of imidazole rings is 1. The van der Waals surface area contributed by atoms with Crippen molar-refractivity contribution < 1.29 is 0 Å². The van der Waals surface area contributed by atoms with E-state index in [1.807, 2.05) is 22.8 Å². The molecule has 0 unspecified atom stereocenters. The van der Waals surface area contributed by atoms with E-state index in [1.165, 1.54) is 17.2 Å². The summed E-state index contributed by atoms with van der Waals surface area (Å²) in [6, 6.07) is 10.2. The second kappa shape index (κ2) is 5.91. The van der Waals surface area contributed by atoms with Crippen LogP contribution in [0.4, 0.5) is 5.95 Å². The van der Waals surface area contributed by atoms with Crippen molar-refractivity contribution in [2.75, 3.05) is 11.4 Å². The molecule has 1 aliphatic rings. The molecule has 1 aromatic carbocycles. The fourth-order valence-corrected chi connectivity index (χ4v) is 3.51. The minimum atomic E-state index is -0.347. The summed E-state index contributed by atoms with van der Waals surface area (Å²) in [5, 5.41) is 0. The van der Waals surface area contributed by atoms with Crippen LogP contribution < -0.4 is 16.1 Å². The number of fused-ring (bicyclic) bond motifs is 3. The van der Waals surface area contributed by atoms with Gasteiger partial charge >= 0.3 is 5.69 Å². The average molecular weight is 339 g/mol. The number of anilines is 1. The molecular weight excluding hydrogens is 318 g/mol. The van der Waals surface area contributed by atoms with Crippen molar-refractivity contribution in [3.63, 3.8) is 0 Å². The average Bonchev–Trinajstić information content (AvgIpc) is 2.91. The third-order valence-electron chi connectivity index (χ3n) is 4.89. The van der Waals surface area contributed by atoms with Crippen molar-refractivity contribution in [3.05, 3.63) is 56.7 Å². The minimum Gasteiger partial charge on any atom is -0.338 e. The fraction of sp³-hybridized carbons (Fsp3) is 0.389. The smallest absolute Gasteiger partial charge is 0.332 e. The van der Waals surface area contributed by atoms with Gasteiger partial charge in [0.15, 0.2) is 11.2 Å². The summed E-state index contributed by atoms with van der Waals surface area (Å²) in [6.07, 6.45) is 2.03. The Hall–Kier alpha value is -2.83. The summed E-state index contributed by atoms with van der Waals surface area (Å²) < 4.78 is 4.59. The molecule has 0 radical (unpaired) electrons. The standard InChI is InChI=1S/C18H21N5O2/c1-20-15-14(16(24)21(2)18(20)25)23-11-7-6-10-22(17(23)19-15)12-13-8-4-3-5-9-13/h3-5,8-9H,6-7,10-12H2,1-2H3. The lowest BCUT2D eigenvalue weighted by atomic mass is 10.2. The van der Waals surface area contributed by atoms with Crippen molar-refractivity contribution in [2.45, 2.75) is 25.9 Å². The summed E-state index contributed by atoms with van der Waals surface area (Å²) in [6.45, 7) is 2.36. The SMILES string of the molecule is Cn1c(=O)c2c(nc3n2CCCCN3Cc2ccccc2)n(C)c1=O. The van der Waals surface area contributed by atoms with Gasteiger partial charge in [0.2, 0.25) is 5.95 Å². The van der Waals surface area contributed by atoms with E-state index in [0.29, 0.717) is 11.2 Å². The fourth-order valence-electron chi connectivity index (χ4n) is 3.51. The van der Waals surface area contributed by atoms with Crippen LogP contribution in [0.25, 0.3) is 11.2 Å². The molecule has 0 amide bonds. The molecule has 0 saturated carbocycles. The number of nitrogens with zero attached hydrogens (tertiary/aromatic N) is 5. The zero-order chi connectivity index (χ0) is 17.6. The molecule has 0 N–H and O–H groups in total. The highest BCUT2D eigenvalue weighted by atomic mass is 16.2. The Kier molecular flexibility index (Phi) is 3.71. The highest BCUT2D eigenvalue weighted by Crippen LogP contribution is 2.25. The van der Waals surface area contributed by atoms with Crippen molar-refractivity contribution in [1.29, 1.82) is 0 Å². The number of hydrogen-bond acceptors (Lipinski definition) is 4. The van der Waals surface area contributed by atoms with E-state index in [0.717, 1.165) is 43.0 Å². The van der Waals surface area contributed by atoms with E-state index in [1.54, 1.807) is 7.05 Å². The summed E-state index contributed by atoms with van der Waals surface area (Å²) in [5.41, 5.74) is 1.55. The molecule has 2 aromatic heterocycles. The highest BCUT2D eigenvalue weighted by Gasteiger charge is 2.24. The maximum Gasteiger partial charge on any atom is 0.332 e. The van der Waals surface area contributed by atoms with Crippen LogP contribution in [-0.2, 0) is 27.2 Å². The van der Waals surface area contributed by atoms with Crippen molar-refractivity contribution in [3.8, 4) is 0 Å². The number of rotatable bonds is 2. The van der Waals surface area contributed by atoms with Crippen molar-refractivity contribution >= 4 is 17.1 Å². The molecule has 4 rings (SSSR count). The molecule has 0 spiro atoms. The Morgan fingerprint density at radius 2 is 1.72 bits per heavy atom. The Balaban J connectivity index is 1.92. The van der Waals surface area contributed by atoms with E-state index in [9.17, 15) is 9.59 Å². The number of aryl methyl sites for hydroxylation is 2.